The summed E-state index contributed by atoms with van der Waals surface area (Å²) >= 11 is 0. The van der Waals surface area contributed by atoms with Crippen molar-refractivity contribution in [2.24, 2.45) is 5.92 Å². The van der Waals surface area contributed by atoms with Gasteiger partial charge in [-0.1, -0.05) is 13.3 Å². The van der Waals surface area contributed by atoms with Gasteiger partial charge in [0.25, 0.3) is 5.56 Å². The number of likely N-dealkylation sites (tertiary alicyclic amines) is 1. The minimum atomic E-state index is 0.0821. The number of hydrogen-bond acceptors (Lipinski definition) is 4. The summed E-state index contributed by atoms with van der Waals surface area (Å²) in [4.78, 5) is 15.0. The maximum Gasteiger partial charge on any atom is 0.267 e. The summed E-state index contributed by atoms with van der Waals surface area (Å²) in [6, 6.07) is 3.16. The topological polar surface area (TPSA) is 50.2 Å². The van der Waals surface area contributed by atoms with Crippen LogP contribution in [-0.4, -0.2) is 46.4 Å². The molecule has 4 rings (SSSR count). The van der Waals surface area contributed by atoms with E-state index < -0.39 is 0 Å². The number of rotatable bonds is 6. The van der Waals surface area contributed by atoms with Gasteiger partial charge in [0.2, 0.25) is 0 Å². The molecule has 2 heterocycles. The van der Waals surface area contributed by atoms with Crippen molar-refractivity contribution in [2.75, 3.05) is 19.6 Å². The molecule has 1 aliphatic heterocycles. The minimum absolute atomic E-state index is 0.0821. The highest BCUT2D eigenvalue weighted by Crippen LogP contribution is 2.24. The van der Waals surface area contributed by atoms with Crippen LogP contribution < -0.4 is 10.9 Å². The third-order valence-electron chi connectivity index (χ3n) is 7.03. The fraction of sp³-hybridized carbons (Fsp3) is 0.818. The van der Waals surface area contributed by atoms with E-state index in [1.807, 2.05) is 6.07 Å². The SMILES string of the molecule is CC1CCC(NCC2CCCCN2CCn2nc3c(cc2=O)CCC3)CC1. The Bertz CT molecular complexity index is 677. The molecule has 1 aromatic rings. The Morgan fingerprint density at radius 3 is 2.78 bits per heavy atom. The molecule has 1 N–H and O–H groups in total. The fourth-order valence-corrected chi connectivity index (χ4v) is 5.18. The predicted octanol–water partition coefficient (Wildman–Crippen LogP) is 2.75. The number of hydrogen-bond donors (Lipinski definition) is 1. The highest BCUT2D eigenvalue weighted by molar-refractivity contribution is 5.22. The number of nitrogens with one attached hydrogen (secondary N) is 1. The Morgan fingerprint density at radius 2 is 1.93 bits per heavy atom. The Morgan fingerprint density at radius 1 is 1.07 bits per heavy atom. The highest BCUT2D eigenvalue weighted by atomic mass is 16.1. The molecule has 150 valence electrons. The third kappa shape index (κ3) is 4.80. The van der Waals surface area contributed by atoms with Gasteiger partial charge in [0.05, 0.1) is 12.2 Å². The van der Waals surface area contributed by atoms with Crippen molar-refractivity contribution in [3.63, 3.8) is 0 Å². The second-order valence-corrected chi connectivity index (χ2v) is 9.08. The van der Waals surface area contributed by atoms with Crippen molar-refractivity contribution in [3.05, 3.63) is 27.7 Å². The Balaban J connectivity index is 1.31. The maximum absolute atomic E-state index is 12.4. The minimum Gasteiger partial charge on any atom is -0.312 e. The number of fused-ring (bicyclic) bond motifs is 1. The van der Waals surface area contributed by atoms with Crippen molar-refractivity contribution in [1.82, 2.24) is 20.0 Å². The van der Waals surface area contributed by atoms with Gasteiger partial charge >= 0.3 is 0 Å². The van der Waals surface area contributed by atoms with E-state index in [0.717, 1.165) is 57.1 Å². The number of aromatic nitrogens is 2. The van der Waals surface area contributed by atoms with Gasteiger partial charge in [-0.3, -0.25) is 9.69 Å². The summed E-state index contributed by atoms with van der Waals surface area (Å²) < 4.78 is 1.71. The van der Waals surface area contributed by atoms with Crippen LogP contribution in [0.3, 0.4) is 0 Å². The second kappa shape index (κ2) is 8.87. The first-order valence-corrected chi connectivity index (χ1v) is 11.3. The Hall–Kier alpha value is -1.20. The summed E-state index contributed by atoms with van der Waals surface area (Å²) in [6.07, 6.45) is 12.5. The largest absolute Gasteiger partial charge is 0.312 e. The van der Waals surface area contributed by atoms with E-state index >= 15 is 0 Å². The zero-order chi connectivity index (χ0) is 18.6. The van der Waals surface area contributed by atoms with Crippen LogP contribution in [0.1, 0.15) is 69.5 Å². The highest BCUT2D eigenvalue weighted by Gasteiger charge is 2.25. The van der Waals surface area contributed by atoms with Crippen LogP contribution in [0.4, 0.5) is 0 Å². The number of nitrogens with zero attached hydrogens (tertiary/aromatic N) is 3. The molecule has 1 atom stereocenters. The lowest BCUT2D eigenvalue weighted by atomic mass is 9.87. The molecular formula is C22H36N4O. The normalized spacial score (nSPS) is 29.0. The monoisotopic (exact) mass is 372 g/mol. The van der Waals surface area contributed by atoms with Crippen molar-refractivity contribution >= 4 is 0 Å². The van der Waals surface area contributed by atoms with E-state index in [1.54, 1.807) is 4.68 Å². The van der Waals surface area contributed by atoms with Crippen LogP contribution in [0, 0.1) is 5.92 Å². The van der Waals surface area contributed by atoms with Crippen LogP contribution in [0.25, 0.3) is 0 Å². The van der Waals surface area contributed by atoms with Gasteiger partial charge in [-0.05, 0) is 75.8 Å². The standard InChI is InChI=1S/C22H36N4O/c1-17-8-10-19(11-9-17)23-16-20-6-2-3-12-25(20)13-14-26-22(27)15-18-5-4-7-21(18)24-26/h15,17,19-20,23H,2-14,16H2,1H3. The first-order chi connectivity index (χ1) is 13.2. The average Bonchev–Trinajstić information content (AvgIpc) is 3.13. The Kier molecular flexibility index (Phi) is 6.28. The maximum atomic E-state index is 12.4. The lowest BCUT2D eigenvalue weighted by Gasteiger charge is -2.37. The summed E-state index contributed by atoms with van der Waals surface area (Å²) in [5.74, 6) is 0.910. The van der Waals surface area contributed by atoms with Gasteiger partial charge in [-0.15, -0.1) is 0 Å². The summed E-state index contributed by atoms with van der Waals surface area (Å²) in [5, 5.41) is 8.51. The predicted molar refractivity (Wildman–Crippen MR) is 109 cm³/mol. The van der Waals surface area contributed by atoms with E-state index in [9.17, 15) is 4.79 Å². The zero-order valence-corrected chi connectivity index (χ0v) is 17.0. The van der Waals surface area contributed by atoms with Crippen molar-refractivity contribution in [2.45, 2.75) is 89.8 Å². The van der Waals surface area contributed by atoms with E-state index in [-0.39, 0.29) is 5.56 Å². The molecule has 1 saturated carbocycles. The van der Waals surface area contributed by atoms with Gasteiger partial charge < -0.3 is 5.32 Å². The van der Waals surface area contributed by atoms with Crippen molar-refractivity contribution in [1.29, 1.82) is 0 Å². The lowest BCUT2D eigenvalue weighted by molar-refractivity contribution is 0.132. The van der Waals surface area contributed by atoms with Gasteiger partial charge in [-0.25, -0.2) is 4.68 Å². The molecule has 0 radical (unpaired) electrons. The molecule has 0 amide bonds. The molecule has 1 saturated heterocycles. The molecule has 1 unspecified atom stereocenters. The molecule has 1 aromatic heterocycles. The third-order valence-corrected chi connectivity index (χ3v) is 7.03. The molecular weight excluding hydrogens is 336 g/mol. The van der Waals surface area contributed by atoms with Crippen molar-refractivity contribution in [3.8, 4) is 0 Å². The molecule has 2 fully saturated rings. The molecule has 0 spiro atoms. The van der Waals surface area contributed by atoms with Gasteiger partial charge in [0.15, 0.2) is 0 Å². The molecule has 5 heteroatoms. The van der Waals surface area contributed by atoms with Gasteiger partial charge in [0.1, 0.15) is 0 Å². The first-order valence-electron chi connectivity index (χ1n) is 11.3. The van der Waals surface area contributed by atoms with E-state index in [0.29, 0.717) is 12.1 Å². The first kappa shape index (κ1) is 19.1. The second-order valence-electron chi connectivity index (χ2n) is 9.08. The van der Waals surface area contributed by atoms with Crippen LogP contribution in [0.15, 0.2) is 10.9 Å². The fourth-order valence-electron chi connectivity index (χ4n) is 5.18. The average molecular weight is 373 g/mol. The van der Waals surface area contributed by atoms with Gasteiger partial charge in [-0.2, -0.15) is 5.10 Å². The van der Waals surface area contributed by atoms with E-state index in [4.69, 9.17) is 0 Å². The van der Waals surface area contributed by atoms with Crippen LogP contribution in [-0.2, 0) is 19.4 Å². The number of piperidine rings is 1. The van der Waals surface area contributed by atoms with E-state index in [1.165, 1.54) is 50.5 Å². The number of aryl methyl sites for hydroxylation is 2. The van der Waals surface area contributed by atoms with Crippen LogP contribution >= 0.6 is 0 Å². The molecule has 0 aromatic carbocycles. The molecule has 0 bridgehead atoms. The summed E-state index contributed by atoms with van der Waals surface area (Å²) in [7, 11) is 0. The molecule has 27 heavy (non-hydrogen) atoms. The summed E-state index contributed by atoms with van der Waals surface area (Å²) in [6.45, 7) is 6.32. The van der Waals surface area contributed by atoms with E-state index in [2.05, 4.69) is 22.2 Å². The van der Waals surface area contributed by atoms with Crippen LogP contribution in [0.5, 0.6) is 0 Å². The van der Waals surface area contributed by atoms with Crippen molar-refractivity contribution < 1.29 is 0 Å². The molecule has 5 nitrogen and oxygen atoms in total. The molecule has 2 aliphatic carbocycles. The van der Waals surface area contributed by atoms with Gasteiger partial charge in [0, 0.05) is 31.2 Å². The molecule has 3 aliphatic rings. The quantitative estimate of drug-likeness (QED) is 0.834. The summed E-state index contributed by atoms with van der Waals surface area (Å²) in [5.41, 5.74) is 2.41. The Labute approximate surface area is 163 Å². The van der Waals surface area contributed by atoms with Crippen LogP contribution in [0.2, 0.25) is 0 Å². The smallest absolute Gasteiger partial charge is 0.267 e. The zero-order valence-electron chi connectivity index (χ0n) is 17.0. The lowest BCUT2D eigenvalue weighted by Crippen LogP contribution is -2.49.